The molecule has 0 bridgehead atoms. The topological polar surface area (TPSA) is 60.9 Å². The van der Waals surface area contributed by atoms with Crippen LogP contribution < -0.4 is 0 Å². The van der Waals surface area contributed by atoms with Crippen molar-refractivity contribution < 1.29 is 14.4 Å². The highest BCUT2D eigenvalue weighted by molar-refractivity contribution is 5.96. The first-order valence-electron chi connectivity index (χ1n) is 9.93. The highest BCUT2D eigenvalue weighted by Crippen LogP contribution is 2.15. The molecule has 1 aliphatic rings. The van der Waals surface area contributed by atoms with Gasteiger partial charge in [-0.1, -0.05) is 60.7 Å². The van der Waals surface area contributed by atoms with E-state index in [2.05, 4.69) is 0 Å². The molecule has 1 heterocycles. The molecule has 0 unspecified atom stereocenters. The molecule has 2 aromatic carbocycles. The molecule has 3 rings (SSSR count). The summed E-state index contributed by atoms with van der Waals surface area (Å²) in [6.07, 6.45) is 0. The summed E-state index contributed by atoms with van der Waals surface area (Å²) in [4.78, 5) is 43.0. The quantitative estimate of drug-likeness (QED) is 0.725. The van der Waals surface area contributed by atoms with Gasteiger partial charge in [0.2, 0.25) is 17.7 Å². The monoisotopic (exact) mass is 393 g/mol. The minimum Gasteiger partial charge on any atom is -0.337 e. The second-order valence-electron chi connectivity index (χ2n) is 7.27. The number of hydrogen-bond acceptors (Lipinski definition) is 3. The van der Waals surface area contributed by atoms with Gasteiger partial charge in [-0.25, -0.2) is 0 Å². The Kier molecular flexibility index (Phi) is 6.65. The molecule has 29 heavy (non-hydrogen) atoms. The largest absolute Gasteiger partial charge is 0.337 e. The average molecular weight is 393 g/mol. The van der Waals surface area contributed by atoms with Crippen molar-refractivity contribution in [1.29, 1.82) is 0 Å². The molecule has 1 fully saturated rings. The van der Waals surface area contributed by atoms with Gasteiger partial charge in [0.1, 0.15) is 19.1 Å². The Bertz CT molecular complexity index is 854. The first-order chi connectivity index (χ1) is 14.0. The second-order valence-corrected chi connectivity index (χ2v) is 7.27. The zero-order valence-corrected chi connectivity index (χ0v) is 17.0. The molecule has 1 atom stereocenters. The summed E-state index contributed by atoms with van der Waals surface area (Å²) in [6, 6.07) is 18.7. The van der Waals surface area contributed by atoms with E-state index in [4.69, 9.17) is 0 Å². The van der Waals surface area contributed by atoms with Crippen LogP contribution in [0.4, 0.5) is 0 Å². The molecular weight excluding hydrogens is 366 g/mol. The van der Waals surface area contributed by atoms with Gasteiger partial charge in [0.25, 0.3) is 0 Å². The number of benzene rings is 2. The molecule has 1 saturated heterocycles. The van der Waals surface area contributed by atoms with E-state index in [1.54, 1.807) is 16.7 Å². The summed E-state index contributed by atoms with van der Waals surface area (Å²) in [7, 11) is 0. The normalized spacial score (nSPS) is 15.4. The van der Waals surface area contributed by atoms with Crippen LogP contribution in [0, 0.1) is 0 Å². The Morgan fingerprint density at radius 1 is 0.931 bits per heavy atom. The minimum absolute atomic E-state index is 0.00381. The molecule has 0 saturated carbocycles. The van der Waals surface area contributed by atoms with Crippen LogP contribution in [-0.4, -0.2) is 58.1 Å². The standard InChI is InChI=1S/C23H27N3O3/c1-3-24(14-19-10-6-4-7-11-19)23(29)18(2)26-17-21(27)25(16-22(26)28)15-20-12-8-5-9-13-20/h4-13,18H,3,14-17H2,1-2H3/t18-/m0/s1. The summed E-state index contributed by atoms with van der Waals surface area (Å²) in [5.41, 5.74) is 2.01. The predicted molar refractivity (Wildman–Crippen MR) is 111 cm³/mol. The van der Waals surface area contributed by atoms with Gasteiger partial charge in [0.15, 0.2) is 0 Å². The minimum atomic E-state index is -0.672. The highest BCUT2D eigenvalue weighted by Gasteiger charge is 2.36. The fourth-order valence-electron chi connectivity index (χ4n) is 3.52. The molecule has 0 N–H and O–H groups in total. The van der Waals surface area contributed by atoms with E-state index in [1.165, 1.54) is 4.90 Å². The number of piperazine rings is 1. The molecule has 0 aliphatic carbocycles. The SMILES string of the molecule is CCN(Cc1ccccc1)C(=O)[C@H](C)N1CC(=O)N(Cc2ccccc2)CC1=O. The van der Waals surface area contributed by atoms with Crippen LogP contribution >= 0.6 is 0 Å². The third-order valence-electron chi connectivity index (χ3n) is 5.26. The lowest BCUT2D eigenvalue weighted by Gasteiger charge is -2.38. The maximum atomic E-state index is 13.0. The predicted octanol–water partition coefficient (Wildman–Crippen LogP) is 2.29. The zero-order chi connectivity index (χ0) is 20.8. The lowest BCUT2D eigenvalue weighted by Crippen LogP contribution is -2.59. The van der Waals surface area contributed by atoms with E-state index in [0.717, 1.165) is 11.1 Å². The number of likely N-dealkylation sites (N-methyl/N-ethyl adjacent to an activating group) is 1. The maximum Gasteiger partial charge on any atom is 0.245 e. The van der Waals surface area contributed by atoms with Gasteiger partial charge >= 0.3 is 0 Å². The average Bonchev–Trinajstić information content (AvgIpc) is 2.75. The molecule has 1 aliphatic heterocycles. The van der Waals surface area contributed by atoms with Crippen molar-refractivity contribution in [2.45, 2.75) is 33.0 Å². The van der Waals surface area contributed by atoms with Crippen molar-refractivity contribution in [3.05, 3.63) is 71.8 Å². The molecule has 0 spiro atoms. The number of nitrogens with zero attached hydrogens (tertiary/aromatic N) is 3. The van der Waals surface area contributed by atoms with E-state index >= 15 is 0 Å². The van der Waals surface area contributed by atoms with Crippen LogP contribution in [-0.2, 0) is 27.5 Å². The maximum absolute atomic E-state index is 13.0. The van der Waals surface area contributed by atoms with Crippen LogP contribution in [0.1, 0.15) is 25.0 Å². The van der Waals surface area contributed by atoms with Gasteiger partial charge < -0.3 is 14.7 Å². The summed E-state index contributed by atoms with van der Waals surface area (Å²) >= 11 is 0. The summed E-state index contributed by atoms with van der Waals surface area (Å²) < 4.78 is 0. The second kappa shape index (κ2) is 9.37. The van der Waals surface area contributed by atoms with Gasteiger partial charge in [-0.2, -0.15) is 0 Å². The zero-order valence-electron chi connectivity index (χ0n) is 17.0. The van der Waals surface area contributed by atoms with E-state index in [0.29, 0.717) is 19.6 Å². The van der Waals surface area contributed by atoms with Crippen molar-refractivity contribution >= 4 is 17.7 Å². The van der Waals surface area contributed by atoms with Gasteiger partial charge in [-0.05, 0) is 25.0 Å². The van der Waals surface area contributed by atoms with Crippen molar-refractivity contribution in [2.75, 3.05) is 19.6 Å². The van der Waals surface area contributed by atoms with Gasteiger partial charge in [-0.15, -0.1) is 0 Å². The Hall–Kier alpha value is -3.15. The van der Waals surface area contributed by atoms with Crippen LogP contribution in [0.2, 0.25) is 0 Å². The Balaban J connectivity index is 1.64. The Morgan fingerprint density at radius 2 is 1.52 bits per heavy atom. The number of rotatable bonds is 7. The molecule has 0 aromatic heterocycles. The number of carbonyl (C=O) groups is 3. The van der Waals surface area contributed by atoms with E-state index in [-0.39, 0.29) is 30.8 Å². The number of hydrogen-bond donors (Lipinski definition) is 0. The summed E-state index contributed by atoms with van der Waals surface area (Å²) in [5, 5.41) is 0. The van der Waals surface area contributed by atoms with E-state index < -0.39 is 6.04 Å². The molecule has 2 aromatic rings. The first kappa shape index (κ1) is 20.6. The third-order valence-corrected chi connectivity index (χ3v) is 5.26. The van der Waals surface area contributed by atoms with Crippen LogP contribution in [0.5, 0.6) is 0 Å². The number of amides is 3. The van der Waals surface area contributed by atoms with Crippen LogP contribution in [0.3, 0.4) is 0 Å². The lowest BCUT2D eigenvalue weighted by molar-refractivity contribution is -0.156. The van der Waals surface area contributed by atoms with Gasteiger partial charge in [-0.3, -0.25) is 14.4 Å². The molecule has 3 amide bonds. The Labute approximate surface area is 171 Å². The summed E-state index contributed by atoms with van der Waals surface area (Å²) in [5.74, 6) is -0.481. The van der Waals surface area contributed by atoms with E-state index in [9.17, 15) is 14.4 Å². The summed E-state index contributed by atoms with van der Waals surface area (Å²) in [6.45, 7) is 4.96. The van der Waals surface area contributed by atoms with Crippen molar-refractivity contribution in [3.8, 4) is 0 Å². The molecule has 6 nitrogen and oxygen atoms in total. The van der Waals surface area contributed by atoms with Gasteiger partial charge in [0.05, 0.1) is 0 Å². The van der Waals surface area contributed by atoms with Crippen molar-refractivity contribution in [1.82, 2.24) is 14.7 Å². The molecule has 6 heteroatoms. The fourth-order valence-corrected chi connectivity index (χ4v) is 3.52. The third kappa shape index (κ3) is 5.02. The van der Waals surface area contributed by atoms with Crippen LogP contribution in [0.15, 0.2) is 60.7 Å². The van der Waals surface area contributed by atoms with Gasteiger partial charge in [0, 0.05) is 19.6 Å². The van der Waals surface area contributed by atoms with Crippen molar-refractivity contribution in [2.24, 2.45) is 0 Å². The fraction of sp³-hybridized carbons (Fsp3) is 0.348. The lowest BCUT2D eigenvalue weighted by atomic mass is 10.1. The molecule has 0 radical (unpaired) electrons. The van der Waals surface area contributed by atoms with Crippen LogP contribution in [0.25, 0.3) is 0 Å². The molecule has 152 valence electrons. The van der Waals surface area contributed by atoms with Crippen molar-refractivity contribution in [3.63, 3.8) is 0 Å². The Morgan fingerprint density at radius 3 is 2.10 bits per heavy atom. The highest BCUT2D eigenvalue weighted by atomic mass is 16.2. The molecular formula is C23H27N3O3. The first-order valence-corrected chi connectivity index (χ1v) is 9.93. The smallest absolute Gasteiger partial charge is 0.245 e. The number of carbonyl (C=O) groups excluding carboxylic acids is 3. The van der Waals surface area contributed by atoms with E-state index in [1.807, 2.05) is 67.6 Å².